The average Bonchev–Trinajstić information content (AvgIpc) is 2.76. The molecule has 0 aliphatic heterocycles. The number of rotatable bonds is 0. The predicted molar refractivity (Wildman–Crippen MR) is 84.7 cm³/mol. The molecule has 2 nitrogen and oxygen atoms in total. The minimum Gasteiger partial charge on any atom is -0.327 e. The molecule has 4 aliphatic rings. The van der Waals surface area contributed by atoms with Crippen LogP contribution < -0.4 is 5.73 Å². The van der Waals surface area contributed by atoms with Gasteiger partial charge in [0.2, 0.25) is 0 Å². The van der Waals surface area contributed by atoms with E-state index in [-0.39, 0.29) is 16.9 Å². The van der Waals surface area contributed by atoms with E-state index in [4.69, 9.17) is 5.73 Å². The van der Waals surface area contributed by atoms with Crippen LogP contribution in [0.5, 0.6) is 0 Å². The number of hydrogen-bond acceptors (Lipinski definition) is 2. The molecule has 5 atom stereocenters. The topological polar surface area (TPSA) is 43.1 Å². The first-order valence-corrected chi connectivity index (χ1v) is 8.68. The zero-order valence-electron chi connectivity index (χ0n) is 13.3. The molecule has 0 saturated heterocycles. The van der Waals surface area contributed by atoms with Crippen molar-refractivity contribution in [2.24, 2.45) is 28.4 Å². The van der Waals surface area contributed by atoms with Crippen LogP contribution in [0.3, 0.4) is 0 Å². The van der Waals surface area contributed by atoms with Crippen molar-refractivity contribution in [1.29, 1.82) is 0 Å². The molecular formula is C19H27NO. The van der Waals surface area contributed by atoms with Gasteiger partial charge in [0.05, 0.1) is 0 Å². The summed E-state index contributed by atoms with van der Waals surface area (Å²) < 4.78 is 0. The van der Waals surface area contributed by atoms with Crippen LogP contribution in [0.4, 0.5) is 0 Å². The largest absolute Gasteiger partial charge is 0.327 e. The Bertz CT molecular complexity index is 560. The Balaban J connectivity index is 1.79. The first-order valence-electron chi connectivity index (χ1n) is 8.68. The van der Waals surface area contributed by atoms with Crippen molar-refractivity contribution in [2.45, 2.75) is 64.8 Å². The number of hydrogen-bond donors (Lipinski definition) is 1. The summed E-state index contributed by atoms with van der Waals surface area (Å²) in [6, 6.07) is 0.285. The number of Topliss-reactive ketones (excluding diaryl/α,β-unsaturated/α-hetero) is 1. The number of ketones is 1. The molecule has 114 valence electrons. The van der Waals surface area contributed by atoms with Crippen LogP contribution in [0.15, 0.2) is 23.3 Å². The lowest BCUT2D eigenvalue weighted by atomic mass is 9.50. The van der Waals surface area contributed by atoms with Crippen molar-refractivity contribution in [3.63, 3.8) is 0 Å². The molecule has 4 rings (SSSR count). The van der Waals surface area contributed by atoms with E-state index in [0.717, 1.165) is 32.1 Å². The van der Waals surface area contributed by atoms with Gasteiger partial charge in [-0.05, 0) is 50.4 Å². The second-order valence-corrected chi connectivity index (χ2v) is 8.16. The molecule has 0 aromatic heterocycles. The van der Waals surface area contributed by atoms with E-state index in [9.17, 15) is 4.79 Å². The Hall–Kier alpha value is -0.890. The number of nitrogens with two attached hydrogens (primary N) is 1. The van der Waals surface area contributed by atoms with Gasteiger partial charge in [-0.15, -0.1) is 0 Å². The third-order valence-electron chi connectivity index (χ3n) is 7.45. The molecule has 3 fully saturated rings. The molecule has 0 aromatic rings. The molecule has 1 unspecified atom stereocenters. The van der Waals surface area contributed by atoms with Gasteiger partial charge >= 0.3 is 0 Å². The summed E-state index contributed by atoms with van der Waals surface area (Å²) in [4.78, 5) is 12.4. The Morgan fingerprint density at radius 3 is 2.71 bits per heavy atom. The molecule has 0 heterocycles. The normalized spacial score (nSPS) is 48.9. The van der Waals surface area contributed by atoms with E-state index in [1.54, 1.807) is 11.1 Å². The SMILES string of the molecule is C[C@]12CC[C@H]3C(=CC=C4CCCC(N)[C@@]43C)[C@@H]1CCC2=O. The number of allylic oxidation sites excluding steroid dienone is 3. The van der Waals surface area contributed by atoms with Gasteiger partial charge in [0.25, 0.3) is 0 Å². The van der Waals surface area contributed by atoms with E-state index in [1.165, 1.54) is 12.8 Å². The molecular weight excluding hydrogens is 258 g/mol. The van der Waals surface area contributed by atoms with Crippen LogP contribution in [0.1, 0.15) is 58.8 Å². The lowest BCUT2D eigenvalue weighted by Gasteiger charge is -2.55. The predicted octanol–water partition coefficient (Wildman–Crippen LogP) is 3.77. The number of carbonyl (C=O) groups is 1. The highest BCUT2D eigenvalue weighted by molar-refractivity contribution is 5.88. The Morgan fingerprint density at radius 1 is 1.10 bits per heavy atom. The lowest BCUT2D eigenvalue weighted by Crippen LogP contribution is -2.53. The smallest absolute Gasteiger partial charge is 0.139 e. The third kappa shape index (κ3) is 1.60. The van der Waals surface area contributed by atoms with Crippen LogP contribution in [0.2, 0.25) is 0 Å². The first-order chi connectivity index (χ1) is 9.98. The van der Waals surface area contributed by atoms with Gasteiger partial charge in [-0.3, -0.25) is 4.79 Å². The monoisotopic (exact) mass is 285 g/mol. The Morgan fingerprint density at radius 2 is 1.90 bits per heavy atom. The van der Waals surface area contributed by atoms with Crippen LogP contribution in [-0.2, 0) is 4.79 Å². The number of carbonyl (C=O) groups excluding carboxylic acids is 1. The van der Waals surface area contributed by atoms with Gasteiger partial charge in [0, 0.05) is 23.3 Å². The van der Waals surface area contributed by atoms with Crippen molar-refractivity contribution in [2.75, 3.05) is 0 Å². The van der Waals surface area contributed by atoms with E-state index in [1.807, 2.05) is 0 Å². The van der Waals surface area contributed by atoms with Gasteiger partial charge in [0.15, 0.2) is 0 Å². The molecule has 0 bridgehead atoms. The fourth-order valence-corrected chi connectivity index (χ4v) is 5.92. The summed E-state index contributed by atoms with van der Waals surface area (Å²) in [5.74, 6) is 1.56. The number of fused-ring (bicyclic) bond motifs is 5. The van der Waals surface area contributed by atoms with Crippen LogP contribution in [-0.4, -0.2) is 11.8 Å². The van der Waals surface area contributed by atoms with Crippen molar-refractivity contribution in [3.05, 3.63) is 23.3 Å². The summed E-state index contributed by atoms with van der Waals surface area (Å²) in [5, 5.41) is 0. The molecule has 2 heteroatoms. The summed E-state index contributed by atoms with van der Waals surface area (Å²) in [7, 11) is 0. The maximum Gasteiger partial charge on any atom is 0.139 e. The van der Waals surface area contributed by atoms with E-state index >= 15 is 0 Å². The van der Waals surface area contributed by atoms with Gasteiger partial charge < -0.3 is 5.73 Å². The second-order valence-electron chi connectivity index (χ2n) is 8.16. The lowest BCUT2D eigenvalue weighted by molar-refractivity contribution is -0.127. The zero-order chi connectivity index (χ0) is 14.8. The standard InChI is InChI=1S/C19H27NO/c1-18-11-10-15-13(14(18)8-9-17(18)21)7-6-12-4-3-5-16(20)19(12,15)2/h6-7,14-16H,3-5,8-11,20H2,1-2H3/t14-,15-,16?,18-,19-/m0/s1. The molecule has 21 heavy (non-hydrogen) atoms. The van der Waals surface area contributed by atoms with Gasteiger partial charge in [-0.25, -0.2) is 0 Å². The zero-order valence-corrected chi connectivity index (χ0v) is 13.3. The van der Waals surface area contributed by atoms with Crippen LogP contribution >= 0.6 is 0 Å². The Kier molecular flexibility index (Phi) is 2.83. The summed E-state index contributed by atoms with van der Waals surface area (Å²) in [6.45, 7) is 4.62. The third-order valence-corrected chi connectivity index (χ3v) is 7.45. The van der Waals surface area contributed by atoms with Gasteiger partial charge in [-0.2, -0.15) is 0 Å². The summed E-state index contributed by atoms with van der Waals surface area (Å²) in [5.41, 5.74) is 9.79. The molecule has 0 spiro atoms. The van der Waals surface area contributed by atoms with Crippen molar-refractivity contribution < 1.29 is 4.79 Å². The molecule has 0 radical (unpaired) electrons. The van der Waals surface area contributed by atoms with Gasteiger partial charge in [-0.1, -0.05) is 37.1 Å². The first kappa shape index (κ1) is 13.8. The van der Waals surface area contributed by atoms with E-state index < -0.39 is 0 Å². The maximum absolute atomic E-state index is 12.4. The summed E-state index contributed by atoms with van der Waals surface area (Å²) >= 11 is 0. The molecule has 0 aromatic carbocycles. The highest BCUT2D eigenvalue weighted by Gasteiger charge is 2.57. The van der Waals surface area contributed by atoms with Crippen molar-refractivity contribution in [1.82, 2.24) is 0 Å². The van der Waals surface area contributed by atoms with E-state index in [0.29, 0.717) is 17.6 Å². The van der Waals surface area contributed by atoms with Gasteiger partial charge in [0.1, 0.15) is 5.78 Å². The molecule has 0 amide bonds. The highest BCUT2D eigenvalue weighted by atomic mass is 16.1. The minimum atomic E-state index is -0.0806. The van der Waals surface area contributed by atoms with E-state index in [2.05, 4.69) is 26.0 Å². The molecule has 2 N–H and O–H groups in total. The minimum absolute atomic E-state index is 0.0806. The van der Waals surface area contributed by atoms with Crippen molar-refractivity contribution >= 4 is 5.78 Å². The Labute approximate surface area is 127 Å². The average molecular weight is 285 g/mol. The summed E-state index contributed by atoms with van der Waals surface area (Å²) in [6.07, 6.45) is 12.4. The van der Waals surface area contributed by atoms with Crippen molar-refractivity contribution in [3.8, 4) is 0 Å². The van der Waals surface area contributed by atoms with Crippen LogP contribution in [0.25, 0.3) is 0 Å². The fourth-order valence-electron chi connectivity index (χ4n) is 5.92. The second kappa shape index (κ2) is 4.32. The fraction of sp³-hybridized carbons (Fsp3) is 0.737. The molecule has 4 aliphatic carbocycles. The quantitative estimate of drug-likeness (QED) is 0.736. The van der Waals surface area contributed by atoms with Crippen LogP contribution in [0, 0.1) is 22.7 Å². The highest BCUT2D eigenvalue weighted by Crippen LogP contribution is 2.62. The molecule has 3 saturated carbocycles. The maximum atomic E-state index is 12.4.